The van der Waals surface area contributed by atoms with Gasteiger partial charge >= 0.3 is 6.09 Å². The fourth-order valence-electron chi connectivity index (χ4n) is 1.18. The van der Waals surface area contributed by atoms with Gasteiger partial charge in [-0.3, -0.25) is 5.32 Å². The molecule has 0 saturated carbocycles. The number of carbonyl (C=O) groups excluding carboxylic acids is 1. The Morgan fingerprint density at radius 1 is 1.56 bits per heavy atom. The van der Waals surface area contributed by atoms with E-state index >= 15 is 0 Å². The number of benzene rings is 1. The number of hydrogen-bond donors (Lipinski definition) is 1. The molecule has 0 aliphatic carbocycles. The van der Waals surface area contributed by atoms with Crippen molar-refractivity contribution in [2.24, 2.45) is 0 Å². The van der Waals surface area contributed by atoms with Crippen molar-refractivity contribution in [3.8, 4) is 5.75 Å². The SMILES string of the molecule is C=CCOC(=O)Nc1ccc(C)cc1OC. The van der Waals surface area contributed by atoms with E-state index in [-0.39, 0.29) is 6.61 Å². The number of carbonyl (C=O) groups is 1. The van der Waals surface area contributed by atoms with Gasteiger partial charge in [-0.25, -0.2) is 4.79 Å². The molecule has 0 aliphatic rings. The van der Waals surface area contributed by atoms with E-state index in [2.05, 4.69) is 11.9 Å². The monoisotopic (exact) mass is 221 g/mol. The Morgan fingerprint density at radius 3 is 2.94 bits per heavy atom. The molecule has 0 heterocycles. The lowest BCUT2D eigenvalue weighted by molar-refractivity contribution is 0.174. The highest BCUT2D eigenvalue weighted by atomic mass is 16.5. The second kappa shape index (κ2) is 5.80. The minimum atomic E-state index is -0.526. The normalized spacial score (nSPS) is 9.38. The number of rotatable bonds is 4. The number of nitrogens with one attached hydrogen (secondary N) is 1. The maximum atomic E-state index is 11.3. The summed E-state index contributed by atoms with van der Waals surface area (Å²) in [5.41, 5.74) is 1.64. The van der Waals surface area contributed by atoms with Crippen LogP contribution in [0.2, 0.25) is 0 Å². The minimum Gasteiger partial charge on any atom is -0.495 e. The van der Waals surface area contributed by atoms with E-state index in [0.717, 1.165) is 5.56 Å². The van der Waals surface area contributed by atoms with E-state index in [1.807, 2.05) is 19.1 Å². The van der Waals surface area contributed by atoms with Crippen LogP contribution in [0.25, 0.3) is 0 Å². The van der Waals surface area contributed by atoms with E-state index in [4.69, 9.17) is 9.47 Å². The highest BCUT2D eigenvalue weighted by Gasteiger charge is 2.07. The molecule has 86 valence electrons. The van der Waals surface area contributed by atoms with Crippen LogP contribution >= 0.6 is 0 Å². The Balaban J connectivity index is 2.72. The fourth-order valence-corrected chi connectivity index (χ4v) is 1.18. The first-order valence-corrected chi connectivity index (χ1v) is 4.86. The van der Waals surface area contributed by atoms with E-state index < -0.39 is 6.09 Å². The second-order valence-electron chi connectivity index (χ2n) is 3.22. The second-order valence-corrected chi connectivity index (χ2v) is 3.22. The molecule has 1 aromatic carbocycles. The number of ether oxygens (including phenoxy) is 2. The zero-order valence-electron chi connectivity index (χ0n) is 9.45. The van der Waals surface area contributed by atoms with Gasteiger partial charge in [0.25, 0.3) is 0 Å². The molecule has 0 unspecified atom stereocenters. The Kier molecular flexibility index (Phi) is 4.39. The molecule has 1 aromatic rings. The van der Waals surface area contributed by atoms with Crippen LogP contribution in [0.4, 0.5) is 10.5 Å². The molecule has 0 aliphatic heterocycles. The summed E-state index contributed by atoms with van der Waals surface area (Å²) in [5.74, 6) is 0.607. The van der Waals surface area contributed by atoms with Crippen molar-refractivity contribution < 1.29 is 14.3 Å². The minimum absolute atomic E-state index is 0.181. The molecule has 4 heteroatoms. The first-order chi connectivity index (χ1) is 7.67. The Bertz CT molecular complexity index is 388. The molecule has 4 nitrogen and oxygen atoms in total. The van der Waals surface area contributed by atoms with Gasteiger partial charge in [0.05, 0.1) is 12.8 Å². The topological polar surface area (TPSA) is 47.6 Å². The first kappa shape index (κ1) is 12.1. The summed E-state index contributed by atoms with van der Waals surface area (Å²) in [6, 6.07) is 5.48. The average Bonchev–Trinajstić information content (AvgIpc) is 2.28. The summed E-state index contributed by atoms with van der Waals surface area (Å²) < 4.78 is 9.94. The van der Waals surface area contributed by atoms with E-state index in [1.165, 1.54) is 6.08 Å². The fraction of sp³-hybridized carbons (Fsp3) is 0.250. The molecule has 0 aromatic heterocycles. The molecule has 16 heavy (non-hydrogen) atoms. The van der Waals surface area contributed by atoms with Crippen LogP contribution in [0.3, 0.4) is 0 Å². The molecule has 0 spiro atoms. The van der Waals surface area contributed by atoms with Crippen molar-refractivity contribution in [1.82, 2.24) is 0 Å². The molecule has 1 rings (SSSR count). The smallest absolute Gasteiger partial charge is 0.412 e. The van der Waals surface area contributed by atoms with Gasteiger partial charge in [-0.1, -0.05) is 18.7 Å². The zero-order chi connectivity index (χ0) is 12.0. The summed E-state index contributed by atoms with van der Waals surface area (Å²) in [5, 5.41) is 2.59. The molecular weight excluding hydrogens is 206 g/mol. The molecule has 1 N–H and O–H groups in total. The van der Waals surface area contributed by atoms with Crippen LogP contribution in [0.5, 0.6) is 5.75 Å². The molecule has 1 amide bonds. The lowest BCUT2D eigenvalue weighted by Gasteiger charge is -2.10. The van der Waals surface area contributed by atoms with Gasteiger partial charge in [-0.15, -0.1) is 0 Å². The van der Waals surface area contributed by atoms with Gasteiger partial charge < -0.3 is 9.47 Å². The van der Waals surface area contributed by atoms with Crippen LogP contribution in [-0.4, -0.2) is 19.8 Å². The van der Waals surface area contributed by atoms with Crippen LogP contribution in [0.15, 0.2) is 30.9 Å². The van der Waals surface area contributed by atoms with E-state index in [9.17, 15) is 4.79 Å². The van der Waals surface area contributed by atoms with Crippen molar-refractivity contribution in [1.29, 1.82) is 0 Å². The molecule has 0 saturated heterocycles. The number of hydrogen-bond acceptors (Lipinski definition) is 3. The van der Waals surface area contributed by atoms with E-state index in [0.29, 0.717) is 11.4 Å². The number of amides is 1. The Hall–Kier alpha value is -1.97. The number of anilines is 1. The number of methoxy groups -OCH3 is 1. The standard InChI is InChI=1S/C12H15NO3/c1-4-7-16-12(14)13-10-6-5-9(2)8-11(10)15-3/h4-6,8H,1,7H2,2-3H3,(H,13,14). The molecular formula is C12H15NO3. The predicted octanol–water partition coefficient (Wildman–Crippen LogP) is 2.74. The lowest BCUT2D eigenvalue weighted by atomic mass is 10.2. The third-order valence-corrected chi connectivity index (χ3v) is 1.93. The maximum Gasteiger partial charge on any atom is 0.412 e. The maximum absolute atomic E-state index is 11.3. The summed E-state index contributed by atoms with van der Waals surface area (Å²) in [7, 11) is 1.55. The van der Waals surface area contributed by atoms with Gasteiger partial charge in [-0.05, 0) is 24.6 Å². The predicted molar refractivity (Wildman–Crippen MR) is 62.9 cm³/mol. The Labute approximate surface area is 94.9 Å². The van der Waals surface area contributed by atoms with Crippen molar-refractivity contribution in [2.45, 2.75) is 6.92 Å². The van der Waals surface area contributed by atoms with Crippen molar-refractivity contribution in [3.05, 3.63) is 36.4 Å². The van der Waals surface area contributed by atoms with Gasteiger partial charge in [-0.2, -0.15) is 0 Å². The average molecular weight is 221 g/mol. The largest absolute Gasteiger partial charge is 0.495 e. The van der Waals surface area contributed by atoms with Crippen LogP contribution < -0.4 is 10.1 Å². The number of aryl methyl sites for hydroxylation is 1. The van der Waals surface area contributed by atoms with Gasteiger partial charge in [0.2, 0.25) is 0 Å². The van der Waals surface area contributed by atoms with Crippen molar-refractivity contribution >= 4 is 11.8 Å². The van der Waals surface area contributed by atoms with Gasteiger partial charge in [0.15, 0.2) is 0 Å². The molecule has 0 fully saturated rings. The highest BCUT2D eigenvalue weighted by Crippen LogP contribution is 2.25. The summed E-state index contributed by atoms with van der Waals surface area (Å²) in [6.07, 6.45) is 0.980. The van der Waals surface area contributed by atoms with Crippen LogP contribution in [0, 0.1) is 6.92 Å². The molecule has 0 radical (unpaired) electrons. The lowest BCUT2D eigenvalue weighted by Crippen LogP contribution is -2.14. The zero-order valence-corrected chi connectivity index (χ0v) is 9.45. The summed E-state index contributed by atoms with van der Waals surface area (Å²) in [4.78, 5) is 11.3. The summed E-state index contributed by atoms with van der Waals surface area (Å²) >= 11 is 0. The molecule has 0 atom stereocenters. The van der Waals surface area contributed by atoms with Crippen LogP contribution in [0.1, 0.15) is 5.56 Å². The van der Waals surface area contributed by atoms with Crippen LogP contribution in [-0.2, 0) is 4.74 Å². The first-order valence-electron chi connectivity index (χ1n) is 4.86. The third-order valence-electron chi connectivity index (χ3n) is 1.93. The molecule has 0 bridgehead atoms. The van der Waals surface area contributed by atoms with Gasteiger partial charge in [0, 0.05) is 0 Å². The quantitative estimate of drug-likeness (QED) is 0.795. The van der Waals surface area contributed by atoms with Crippen molar-refractivity contribution in [2.75, 3.05) is 19.0 Å². The van der Waals surface area contributed by atoms with Crippen molar-refractivity contribution in [3.63, 3.8) is 0 Å². The third kappa shape index (κ3) is 3.31. The Morgan fingerprint density at radius 2 is 2.31 bits per heavy atom. The van der Waals surface area contributed by atoms with Gasteiger partial charge in [0.1, 0.15) is 12.4 Å². The highest BCUT2D eigenvalue weighted by molar-refractivity contribution is 5.86. The van der Waals surface area contributed by atoms with E-state index in [1.54, 1.807) is 13.2 Å². The summed E-state index contributed by atoms with van der Waals surface area (Å²) in [6.45, 7) is 5.58.